The third kappa shape index (κ3) is 2.46. The first-order chi connectivity index (χ1) is 11.5. The second-order valence-corrected chi connectivity index (χ2v) is 6.31. The molecule has 0 bridgehead atoms. The molecule has 122 valence electrons. The van der Waals surface area contributed by atoms with Gasteiger partial charge in [-0.3, -0.25) is 9.78 Å². The molecule has 0 radical (unpaired) electrons. The van der Waals surface area contributed by atoms with Crippen molar-refractivity contribution < 1.29 is 0 Å². The van der Waals surface area contributed by atoms with Crippen LogP contribution in [0.3, 0.4) is 0 Å². The molecule has 0 aromatic carbocycles. The zero-order chi connectivity index (χ0) is 16.8. The van der Waals surface area contributed by atoms with E-state index in [1.807, 2.05) is 19.3 Å². The first-order valence-corrected chi connectivity index (χ1v) is 7.89. The van der Waals surface area contributed by atoms with Gasteiger partial charge in [-0.25, -0.2) is 4.79 Å². The van der Waals surface area contributed by atoms with Crippen LogP contribution in [0.5, 0.6) is 0 Å². The second kappa shape index (κ2) is 5.45. The highest BCUT2D eigenvalue weighted by Gasteiger charge is 2.42. The van der Waals surface area contributed by atoms with Crippen LogP contribution in [0.2, 0.25) is 5.15 Å². The highest BCUT2D eigenvalue weighted by molar-refractivity contribution is 6.30. The molecule has 0 saturated heterocycles. The maximum Gasteiger partial charge on any atom is 0.325 e. The SMILES string of the molecule is Cn1cccc1[C@H]1C[C@@H]1c1cc(-c2c[nH]c(=O)[nH]c2=O)nnc1Cl. The quantitative estimate of drug-likeness (QED) is 0.757. The first kappa shape index (κ1) is 14.9. The fourth-order valence-corrected chi connectivity index (χ4v) is 3.34. The van der Waals surface area contributed by atoms with Crippen molar-refractivity contribution in [3.8, 4) is 11.3 Å². The second-order valence-electron chi connectivity index (χ2n) is 5.95. The van der Waals surface area contributed by atoms with E-state index < -0.39 is 11.2 Å². The fourth-order valence-electron chi connectivity index (χ4n) is 3.11. The van der Waals surface area contributed by atoms with Gasteiger partial charge in [-0.1, -0.05) is 11.6 Å². The molecule has 0 unspecified atom stereocenters. The highest BCUT2D eigenvalue weighted by Crippen LogP contribution is 2.55. The predicted molar refractivity (Wildman–Crippen MR) is 89.2 cm³/mol. The molecule has 3 heterocycles. The minimum Gasteiger partial charge on any atom is -0.354 e. The van der Waals surface area contributed by atoms with E-state index in [2.05, 4.69) is 30.8 Å². The third-order valence-corrected chi connectivity index (χ3v) is 4.72. The number of halogens is 1. The van der Waals surface area contributed by atoms with E-state index in [0.29, 0.717) is 16.8 Å². The van der Waals surface area contributed by atoms with Crippen LogP contribution in [0.15, 0.2) is 40.2 Å². The van der Waals surface area contributed by atoms with E-state index in [1.54, 1.807) is 6.07 Å². The van der Waals surface area contributed by atoms with Gasteiger partial charge < -0.3 is 9.55 Å². The smallest absolute Gasteiger partial charge is 0.325 e. The molecule has 24 heavy (non-hydrogen) atoms. The van der Waals surface area contributed by atoms with Crippen molar-refractivity contribution in [2.75, 3.05) is 0 Å². The Bertz CT molecular complexity index is 1040. The highest BCUT2D eigenvalue weighted by atomic mass is 35.5. The average Bonchev–Trinajstić information content (AvgIpc) is 3.21. The maximum absolute atomic E-state index is 11.9. The van der Waals surface area contributed by atoms with E-state index in [0.717, 1.165) is 12.0 Å². The van der Waals surface area contributed by atoms with Crippen LogP contribution < -0.4 is 11.2 Å². The molecule has 0 amide bonds. The Morgan fingerprint density at radius 1 is 1.29 bits per heavy atom. The first-order valence-electron chi connectivity index (χ1n) is 7.51. The molecule has 8 heteroatoms. The van der Waals surface area contributed by atoms with E-state index in [1.165, 1.54) is 11.9 Å². The molecule has 0 spiro atoms. The molecule has 1 fully saturated rings. The summed E-state index contributed by atoms with van der Waals surface area (Å²) in [4.78, 5) is 27.7. The number of aromatic amines is 2. The summed E-state index contributed by atoms with van der Waals surface area (Å²) < 4.78 is 2.10. The number of nitrogens with one attached hydrogen (secondary N) is 2. The van der Waals surface area contributed by atoms with Gasteiger partial charge in [0.25, 0.3) is 5.56 Å². The van der Waals surface area contributed by atoms with Gasteiger partial charge in [-0.05, 0) is 36.1 Å². The van der Waals surface area contributed by atoms with Gasteiger partial charge in [0.15, 0.2) is 5.15 Å². The molecule has 7 nitrogen and oxygen atoms in total. The predicted octanol–water partition coefficient (Wildman–Crippen LogP) is 1.78. The summed E-state index contributed by atoms with van der Waals surface area (Å²) in [5.41, 5.74) is 1.71. The summed E-state index contributed by atoms with van der Waals surface area (Å²) in [6, 6.07) is 5.90. The lowest BCUT2D eigenvalue weighted by molar-refractivity contribution is 0.815. The molecule has 2 N–H and O–H groups in total. The molecular formula is C16H14ClN5O2. The fraction of sp³-hybridized carbons (Fsp3) is 0.250. The summed E-state index contributed by atoms with van der Waals surface area (Å²) in [6.07, 6.45) is 4.33. The Labute approximate surface area is 141 Å². The molecule has 1 saturated carbocycles. The summed E-state index contributed by atoms with van der Waals surface area (Å²) >= 11 is 6.23. The molecular weight excluding hydrogens is 330 g/mol. The van der Waals surface area contributed by atoms with Crippen LogP contribution in [-0.2, 0) is 7.05 Å². The summed E-state index contributed by atoms with van der Waals surface area (Å²) in [6.45, 7) is 0. The van der Waals surface area contributed by atoms with Crippen LogP contribution >= 0.6 is 11.6 Å². The van der Waals surface area contributed by atoms with Gasteiger partial charge in [0.2, 0.25) is 0 Å². The number of aryl methyl sites for hydroxylation is 1. The lowest BCUT2D eigenvalue weighted by atomic mass is 10.1. The van der Waals surface area contributed by atoms with Crippen molar-refractivity contribution in [3.63, 3.8) is 0 Å². The molecule has 3 aromatic rings. The van der Waals surface area contributed by atoms with E-state index >= 15 is 0 Å². The Balaban J connectivity index is 1.72. The van der Waals surface area contributed by atoms with Gasteiger partial charge >= 0.3 is 5.69 Å². The zero-order valence-corrected chi connectivity index (χ0v) is 13.5. The topological polar surface area (TPSA) is 96.4 Å². The minimum absolute atomic E-state index is 0.252. The monoisotopic (exact) mass is 343 g/mol. The lowest BCUT2D eigenvalue weighted by Crippen LogP contribution is -2.23. The largest absolute Gasteiger partial charge is 0.354 e. The van der Waals surface area contributed by atoms with Crippen molar-refractivity contribution in [3.05, 3.63) is 67.8 Å². The van der Waals surface area contributed by atoms with Crippen molar-refractivity contribution in [2.24, 2.45) is 7.05 Å². The number of rotatable bonds is 3. The van der Waals surface area contributed by atoms with Crippen LogP contribution in [0.4, 0.5) is 0 Å². The summed E-state index contributed by atoms with van der Waals surface area (Å²) in [7, 11) is 2.02. The van der Waals surface area contributed by atoms with Gasteiger partial charge in [0.1, 0.15) is 5.69 Å². The van der Waals surface area contributed by atoms with Crippen molar-refractivity contribution in [1.82, 2.24) is 24.7 Å². The number of hydrogen-bond donors (Lipinski definition) is 2. The maximum atomic E-state index is 11.9. The number of hydrogen-bond acceptors (Lipinski definition) is 4. The van der Waals surface area contributed by atoms with Crippen LogP contribution in [0, 0.1) is 0 Å². The summed E-state index contributed by atoms with van der Waals surface area (Å²) in [5.74, 6) is 0.635. The molecule has 0 aliphatic heterocycles. The molecule has 4 rings (SSSR count). The van der Waals surface area contributed by atoms with Crippen molar-refractivity contribution >= 4 is 11.6 Å². The van der Waals surface area contributed by atoms with E-state index in [9.17, 15) is 9.59 Å². The molecule has 1 aliphatic carbocycles. The van der Waals surface area contributed by atoms with Gasteiger partial charge in [0, 0.05) is 31.1 Å². The van der Waals surface area contributed by atoms with Crippen molar-refractivity contribution in [1.29, 1.82) is 0 Å². The zero-order valence-electron chi connectivity index (χ0n) is 12.8. The Hall–Kier alpha value is -2.67. The van der Waals surface area contributed by atoms with Crippen LogP contribution in [-0.4, -0.2) is 24.7 Å². The molecule has 1 aliphatic rings. The van der Waals surface area contributed by atoms with Crippen LogP contribution in [0.25, 0.3) is 11.3 Å². The number of aromatic nitrogens is 5. The number of nitrogens with zero attached hydrogens (tertiary/aromatic N) is 3. The Morgan fingerprint density at radius 3 is 2.83 bits per heavy atom. The third-order valence-electron chi connectivity index (χ3n) is 4.42. The lowest BCUT2D eigenvalue weighted by Gasteiger charge is -2.06. The molecule has 2 atom stereocenters. The van der Waals surface area contributed by atoms with E-state index in [-0.39, 0.29) is 11.5 Å². The number of H-pyrrole nitrogens is 2. The van der Waals surface area contributed by atoms with Crippen LogP contribution in [0.1, 0.15) is 29.5 Å². The normalized spacial score (nSPS) is 19.4. The summed E-state index contributed by atoms with van der Waals surface area (Å²) in [5, 5.41) is 8.32. The van der Waals surface area contributed by atoms with E-state index in [4.69, 9.17) is 11.6 Å². The van der Waals surface area contributed by atoms with Gasteiger partial charge in [0.05, 0.1) is 5.56 Å². The van der Waals surface area contributed by atoms with Gasteiger partial charge in [-0.15, -0.1) is 10.2 Å². The Kier molecular flexibility index (Phi) is 3.38. The van der Waals surface area contributed by atoms with Gasteiger partial charge in [-0.2, -0.15) is 0 Å². The molecule has 3 aromatic heterocycles. The standard InChI is InChI=1S/C16H14ClN5O2/c1-22-4-2-3-13(22)9-5-8(9)10-6-12(20-21-14(10)17)11-7-18-16(24)19-15(11)23/h2-4,6-9H,5H2,1H3,(H2,18,19,23,24)/t8-,9-/m0/s1. The Morgan fingerprint density at radius 2 is 2.12 bits per heavy atom. The van der Waals surface area contributed by atoms with Crippen molar-refractivity contribution in [2.45, 2.75) is 18.3 Å². The average molecular weight is 344 g/mol. The minimum atomic E-state index is -0.558.